The van der Waals surface area contributed by atoms with Crippen molar-refractivity contribution in [3.63, 3.8) is 0 Å². The second-order valence-electron chi connectivity index (χ2n) is 8.20. The molecule has 6 nitrogen and oxygen atoms in total. The van der Waals surface area contributed by atoms with Gasteiger partial charge >= 0.3 is 16.1 Å². The van der Waals surface area contributed by atoms with Crippen LogP contribution in [0.5, 0.6) is 5.75 Å². The number of carbonyl (C=O) groups excluding carboxylic acids is 1. The number of benzene rings is 2. The minimum absolute atomic E-state index is 0.0140. The molecule has 0 saturated heterocycles. The van der Waals surface area contributed by atoms with Crippen LogP contribution < -0.4 is 9.50 Å². The van der Waals surface area contributed by atoms with Gasteiger partial charge < -0.3 is 14.4 Å². The number of hydrogen-bond acceptors (Lipinski definition) is 4. The Morgan fingerprint density at radius 3 is 2.37 bits per heavy atom. The van der Waals surface area contributed by atoms with E-state index in [9.17, 15) is 17.6 Å². The minimum atomic E-state index is -4.10. The van der Waals surface area contributed by atoms with Crippen molar-refractivity contribution in [2.75, 3.05) is 0 Å². The maximum absolute atomic E-state index is 13.1. The Balaban J connectivity index is 2.22. The molecule has 0 fully saturated rings. The van der Waals surface area contributed by atoms with Gasteiger partial charge in [0, 0.05) is 18.1 Å². The predicted octanol–water partition coefficient (Wildman–Crippen LogP) is 4.70. The van der Waals surface area contributed by atoms with Crippen molar-refractivity contribution in [2.24, 2.45) is 0 Å². The molecule has 0 aliphatic carbocycles. The average molecular weight is 437 g/mol. The number of rotatable bonds is 7. The number of nitrogens with one attached hydrogen (secondary N) is 1. The molecule has 0 saturated carbocycles. The molecule has 1 atom stereocenters. The Hall–Kier alpha value is -2.61. The second kappa shape index (κ2) is 9.47. The minimum Gasteiger partial charge on any atom is -0.379 e. The van der Waals surface area contributed by atoms with Crippen molar-refractivity contribution in [3.8, 4) is 5.75 Å². The van der Waals surface area contributed by atoms with E-state index in [1.54, 1.807) is 23.1 Å². The van der Waals surface area contributed by atoms with Crippen LogP contribution in [0.1, 0.15) is 46.6 Å². The van der Waals surface area contributed by atoms with Crippen LogP contribution in [0.15, 0.2) is 53.4 Å². The first kappa shape index (κ1) is 23.7. The third-order valence-corrected chi connectivity index (χ3v) is 5.69. The molecule has 2 amide bonds. The van der Waals surface area contributed by atoms with Gasteiger partial charge in [-0.05, 0) is 76.1 Å². The summed E-state index contributed by atoms with van der Waals surface area (Å²) in [6.45, 7) is 9.99. The standard InChI is InChI=1S/C22H29FN2O4S/c1-6-16(2)25(21(26)24-22(3,4)5)15-17-8-7-9-19(14-17)29-30(27,28)20-12-10-18(23)11-13-20/h7-14,16H,6,15H2,1-5H3,(H,24,26)/t16-/m0/s1. The van der Waals surface area contributed by atoms with Gasteiger partial charge in [-0.2, -0.15) is 8.42 Å². The maximum atomic E-state index is 13.1. The van der Waals surface area contributed by atoms with Crippen molar-refractivity contribution >= 4 is 16.1 Å². The van der Waals surface area contributed by atoms with Crippen LogP contribution in [0.3, 0.4) is 0 Å². The third-order valence-electron chi connectivity index (χ3n) is 4.43. The van der Waals surface area contributed by atoms with Crippen molar-refractivity contribution in [1.29, 1.82) is 0 Å². The lowest BCUT2D eigenvalue weighted by Gasteiger charge is -2.32. The molecule has 0 unspecified atom stereocenters. The van der Waals surface area contributed by atoms with E-state index in [-0.39, 0.29) is 28.3 Å². The quantitative estimate of drug-likeness (QED) is 0.638. The largest absolute Gasteiger partial charge is 0.379 e. The van der Waals surface area contributed by atoms with Crippen molar-refractivity contribution < 1.29 is 21.8 Å². The zero-order chi connectivity index (χ0) is 22.5. The molecule has 0 aliphatic heterocycles. The van der Waals surface area contributed by atoms with Gasteiger partial charge in [0.15, 0.2) is 0 Å². The van der Waals surface area contributed by atoms with E-state index < -0.39 is 15.9 Å². The molecule has 164 valence electrons. The van der Waals surface area contributed by atoms with E-state index in [2.05, 4.69) is 5.32 Å². The van der Waals surface area contributed by atoms with Gasteiger partial charge in [0.1, 0.15) is 16.5 Å². The Kier molecular flexibility index (Phi) is 7.47. The number of halogens is 1. The van der Waals surface area contributed by atoms with Crippen LogP contribution in [0.2, 0.25) is 0 Å². The fourth-order valence-corrected chi connectivity index (χ4v) is 3.63. The molecular formula is C22H29FN2O4S. The van der Waals surface area contributed by atoms with E-state index in [0.717, 1.165) is 36.2 Å². The lowest BCUT2D eigenvalue weighted by molar-refractivity contribution is 0.165. The Morgan fingerprint density at radius 1 is 1.17 bits per heavy atom. The first-order valence-electron chi connectivity index (χ1n) is 9.79. The fraction of sp³-hybridized carbons (Fsp3) is 0.409. The highest BCUT2D eigenvalue weighted by atomic mass is 32.2. The van der Waals surface area contributed by atoms with Gasteiger partial charge in [0.2, 0.25) is 0 Å². The first-order chi connectivity index (χ1) is 13.9. The molecule has 0 bridgehead atoms. The van der Waals surface area contributed by atoms with Crippen LogP contribution in [0, 0.1) is 5.82 Å². The average Bonchev–Trinajstić information content (AvgIpc) is 2.64. The van der Waals surface area contributed by atoms with Crippen LogP contribution in [-0.2, 0) is 16.7 Å². The fourth-order valence-electron chi connectivity index (χ4n) is 2.71. The molecule has 30 heavy (non-hydrogen) atoms. The Labute approximate surface area is 178 Å². The van der Waals surface area contributed by atoms with Crippen LogP contribution in [0.25, 0.3) is 0 Å². The smallest absolute Gasteiger partial charge is 0.339 e. The Morgan fingerprint density at radius 2 is 1.80 bits per heavy atom. The van der Waals surface area contributed by atoms with Gasteiger partial charge in [-0.15, -0.1) is 0 Å². The number of nitrogens with zero attached hydrogens (tertiary/aromatic N) is 1. The van der Waals surface area contributed by atoms with Crippen LogP contribution in [-0.4, -0.2) is 30.9 Å². The molecule has 2 rings (SSSR count). The van der Waals surface area contributed by atoms with Crippen LogP contribution >= 0.6 is 0 Å². The molecule has 0 spiro atoms. The number of hydrogen-bond donors (Lipinski definition) is 1. The monoisotopic (exact) mass is 436 g/mol. The lowest BCUT2D eigenvalue weighted by atomic mass is 10.1. The van der Waals surface area contributed by atoms with Gasteiger partial charge in [0.05, 0.1) is 0 Å². The van der Waals surface area contributed by atoms with Crippen LogP contribution in [0.4, 0.5) is 9.18 Å². The number of amides is 2. The lowest BCUT2D eigenvalue weighted by Crippen LogP contribution is -2.50. The topological polar surface area (TPSA) is 75.7 Å². The zero-order valence-corrected chi connectivity index (χ0v) is 18.8. The predicted molar refractivity (Wildman–Crippen MR) is 114 cm³/mol. The van der Waals surface area contributed by atoms with Crippen molar-refractivity contribution in [2.45, 2.75) is 64.1 Å². The summed E-state index contributed by atoms with van der Waals surface area (Å²) in [7, 11) is -4.10. The van der Waals surface area contributed by atoms with Gasteiger partial charge in [-0.1, -0.05) is 19.1 Å². The molecule has 2 aromatic rings. The van der Waals surface area contributed by atoms with E-state index >= 15 is 0 Å². The summed E-state index contributed by atoms with van der Waals surface area (Å²) in [6.07, 6.45) is 0.771. The van der Waals surface area contributed by atoms with E-state index in [4.69, 9.17) is 4.18 Å². The SMILES string of the molecule is CC[C@H](C)N(Cc1cccc(OS(=O)(=O)c2ccc(F)cc2)c1)C(=O)NC(C)(C)C. The summed E-state index contributed by atoms with van der Waals surface area (Å²) >= 11 is 0. The van der Waals surface area contributed by atoms with E-state index in [0.29, 0.717) is 6.54 Å². The highest BCUT2D eigenvalue weighted by Gasteiger charge is 2.24. The number of carbonyl (C=O) groups is 1. The Bertz CT molecular complexity index is 969. The molecule has 0 aromatic heterocycles. The summed E-state index contributed by atoms with van der Waals surface area (Å²) in [4.78, 5) is 14.3. The van der Waals surface area contributed by atoms with E-state index in [1.165, 1.54) is 6.07 Å². The summed E-state index contributed by atoms with van der Waals surface area (Å²) in [6, 6.07) is 10.8. The summed E-state index contributed by atoms with van der Waals surface area (Å²) in [5.74, 6) is -0.410. The van der Waals surface area contributed by atoms with Gasteiger partial charge in [-0.3, -0.25) is 0 Å². The maximum Gasteiger partial charge on any atom is 0.339 e. The van der Waals surface area contributed by atoms with E-state index in [1.807, 2.05) is 34.6 Å². The molecule has 0 heterocycles. The van der Waals surface area contributed by atoms with Crippen molar-refractivity contribution in [1.82, 2.24) is 10.2 Å². The molecule has 1 N–H and O–H groups in total. The van der Waals surface area contributed by atoms with Gasteiger partial charge in [-0.25, -0.2) is 9.18 Å². The molecule has 0 aliphatic rings. The molecular weight excluding hydrogens is 407 g/mol. The van der Waals surface area contributed by atoms with Gasteiger partial charge in [0.25, 0.3) is 0 Å². The summed E-state index contributed by atoms with van der Waals surface area (Å²) < 4.78 is 43.2. The normalized spacial score (nSPS) is 12.9. The highest BCUT2D eigenvalue weighted by molar-refractivity contribution is 7.87. The highest BCUT2D eigenvalue weighted by Crippen LogP contribution is 2.22. The molecule has 2 aromatic carbocycles. The summed E-state index contributed by atoms with van der Waals surface area (Å²) in [5, 5.41) is 2.96. The number of urea groups is 1. The second-order valence-corrected chi connectivity index (χ2v) is 9.75. The zero-order valence-electron chi connectivity index (χ0n) is 18.0. The van der Waals surface area contributed by atoms with Crippen molar-refractivity contribution in [3.05, 3.63) is 59.9 Å². The third kappa shape index (κ3) is 6.73. The first-order valence-corrected chi connectivity index (χ1v) is 11.2. The molecule has 8 heteroatoms. The summed E-state index contributed by atoms with van der Waals surface area (Å²) in [5.41, 5.74) is 0.350. The molecule has 0 radical (unpaired) electrons.